The molecule has 17 heavy (non-hydrogen) atoms. The maximum atomic E-state index is 11.8. The number of imidazole rings is 1. The zero-order chi connectivity index (χ0) is 11.9. The average molecular weight is 236 g/mol. The predicted molar refractivity (Wildman–Crippen MR) is 65.5 cm³/mol. The highest BCUT2D eigenvalue weighted by Gasteiger charge is 2.19. The summed E-state index contributed by atoms with van der Waals surface area (Å²) in [5.74, 6) is 0.148. The van der Waals surface area contributed by atoms with Crippen LogP contribution < -0.4 is 10.6 Å². The van der Waals surface area contributed by atoms with Gasteiger partial charge in [-0.2, -0.15) is 0 Å². The first-order valence-corrected chi connectivity index (χ1v) is 6.33. The summed E-state index contributed by atoms with van der Waals surface area (Å²) in [5, 5.41) is 6.23. The minimum Gasteiger partial charge on any atom is -0.355 e. The molecule has 1 aliphatic rings. The van der Waals surface area contributed by atoms with Gasteiger partial charge >= 0.3 is 0 Å². The van der Waals surface area contributed by atoms with Gasteiger partial charge in [0.25, 0.3) is 0 Å². The van der Waals surface area contributed by atoms with E-state index in [0.29, 0.717) is 0 Å². The zero-order valence-corrected chi connectivity index (χ0v) is 10.1. The Morgan fingerprint density at radius 1 is 1.53 bits per heavy atom. The summed E-state index contributed by atoms with van der Waals surface area (Å²) in [6.45, 7) is 2.60. The molecule has 2 N–H and O–H groups in total. The van der Waals surface area contributed by atoms with Gasteiger partial charge < -0.3 is 15.2 Å². The highest BCUT2D eigenvalue weighted by molar-refractivity contribution is 5.81. The molecule has 0 unspecified atom stereocenters. The highest BCUT2D eigenvalue weighted by atomic mass is 16.2. The number of carbonyl (C=O) groups is 1. The number of hydrogen-bond donors (Lipinski definition) is 2. The van der Waals surface area contributed by atoms with Gasteiger partial charge in [-0.15, -0.1) is 0 Å². The molecular weight excluding hydrogens is 216 g/mol. The summed E-state index contributed by atoms with van der Waals surface area (Å²) >= 11 is 0. The maximum absolute atomic E-state index is 11.8. The summed E-state index contributed by atoms with van der Waals surface area (Å²) in [4.78, 5) is 15.7. The molecule has 2 heterocycles. The topological polar surface area (TPSA) is 59.0 Å². The molecular formula is C12H20N4O. The van der Waals surface area contributed by atoms with Crippen LogP contribution in [0.3, 0.4) is 0 Å². The predicted octanol–water partition coefficient (Wildman–Crippen LogP) is 0.531. The summed E-state index contributed by atoms with van der Waals surface area (Å²) in [6.07, 6.45) is 9.74. The SMILES string of the molecule is O=C(NCCCn1ccnc1)[C@H]1CCCCN1. The fourth-order valence-electron chi connectivity index (χ4n) is 2.09. The molecule has 5 nitrogen and oxygen atoms in total. The number of nitrogens with one attached hydrogen (secondary N) is 2. The van der Waals surface area contributed by atoms with E-state index in [9.17, 15) is 4.79 Å². The van der Waals surface area contributed by atoms with Crippen molar-refractivity contribution < 1.29 is 4.79 Å². The minimum absolute atomic E-state index is 0.0250. The molecule has 0 radical (unpaired) electrons. The molecule has 0 aliphatic carbocycles. The van der Waals surface area contributed by atoms with E-state index in [1.165, 1.54) is 6.42 Å². The van der Waals surface area contributed by atoms with E-state index in [1.807, 2.05) is 10.8 Å². The molecule has 2 rings (SSSR count). The second-order valence-electron chi connectivity index (χ2n) is 4.45. The lowest BCUT2D eigenvalue weighted by Crippen LogP contribution is -2.46. The quantitative estimate of drug-likeness (QED) is 0.733. The lowest BCUT2D eigenvalue weighted by molar-refractivity contribution is -0.123. The molecule has 0 spiro atoms. The van der Waals surface area contributed by atoms with Crippen molar-refractivity contribution >= 4 is 5.91 Å². The Balaban J connectivity index is 1.59. The first kappa shape index (κ1) is 12.1. The third-order valence-corrected chi connectivity index (χ3v) is 3.08. The molecule has 0 saturated carbocycles. The molecule has 1 fully saturated rings. The van der Waals surface area contributed by atoms with Crippen LogP contribution in [0.15, 0.2) is 18.7 Å². The largest absolute Gasteiger partial charge is 0.355 e. The summed E-state index contributed by atoms with van der Waals surface area (Å²) in [7, 11) is 0. The Kier molecular flexibility index (Phi) is 4.55. The fraction of sp³-hybridized carbons (Fsp3) is 0.667. The maximum Gasteiger partial charge on any atom is 0.237 e. The number of aromatic nitrogens is 2. The Labute approximate surface area is 102 Å². The number of piperidine rings is 1. The van der Waals surface area contributed by atoms with Gasteiger partial charge in [-0.25, -0.2) is 4.98 Å². The van der Waals surface area contributed by atoms with Crippen LogP contribution in [0.5, 0.6) is 0 Å². The van der Waals surface area contributed by atoms with Crippen molar-refractivity contribution in [3.63, 3.8) is 0 Å². The number of aryl methyl sites for hydroxylation is 1. The monoisotopic (exact) mass is 236 g/mol. The number of rotatable bonds is 5. The van der Waals surface area contributed by atoms with E-state index < -0.39 is 0 Å². The Morgan fingerprint density at radius 3 is 3.18 bits per heavy atom. The Bertz CT molecular complexity index is 330. The Morgan fingerprint density at radius 2 is 2.47 bits per heavy atom. The lowest BCUT2D eigenvalue weighted by atomic mass is 10.0. The van der Waals surface area contributed by atoms with Gasteiger partial charge in [0.05, 0.1) is 12.4 Å². The second-order valence-corrected chi connectivity index (χ2v) is 4.45. The van der Waals surface area contributed by atoms with Crippen molar-refractivity contribution in [3.8, 4) is 0 Å². The molecule has 1 aromatic heterocycles. The molecule has 0 bridgehead atoms. The van der Waals surface area contributed by atoms with Gasteiger partial charge in [-0.05, 0) is 25.8 Å². The first-order valence-electron chi connectivity index (χ1n) is 6.33. The van der Waals surface area contributed by atoms with E-state index in [4.69, 9.17) is 0 Å². The number of carbonyl (C=O) groups excluding carboxylic acids is 1. The molecule has 1 saturated heterocycles. The smallest absolute Gasteiger partial charge is 0.237 e. The number of hydrogen-bond acceptors (Lipinski definition) is 3. The van der Waals surface area contributed by atoms with E-state index >= 15 is 0 Å². The van der Waals surface area contributed by atoms with Crippen molar-refractivity contribution in [2.75, 3.05) is 13.1 Å². The molecule has 1 aliphatic heterocycles. The van der Waals surface area contributed by atoms with Gasteiger partial charge in [0.1, 0.15) is 0 Å². The first-order chi connectivity index (χ1) is 8.36. The second kappa shape index (κ2) is 6.39. The van der Waals surface area contributed by atoms with Crippen LogP contribution in [0.1, 0.15) is 25.7 Å². The lowest BCUT2D eigenvalue weighted by Gasteiger charge is -2.22. The molecule has 5 heteroatoms. The zero-order valence-electron chi connectivity index (χ0n) is 10.1. The van der Waals surface area contributed by atoms with Crippen LogP contribution in [-0.2, 0) is 11.3 Å². The van der Waals surface area contributed by atoms with E-state index in [2.05, 4.69) is 15.6 Å². The third-order valence-electron chi connectivity index (χ3n) is 3.08. The van der Waals surface area contributed by atoms with Gasteiger partial charge in [-0.1, -0.05) is 6.42 Å². The van der Waals surface area contributed by atoms with Crippen molar-refractivity contribution in [1.82, 2.24) is 20.2 Å². The number of nitrogens with zero attached hydrogens (tertiary/aromatic N) is 2. The molecule has 0 aromatic carbocycles. The van der Waals surface area contributed by atoms with E-state index in [-0.39, 0.29) is 11.9 Å². The van der Waals surface area contributed by atoms with Crippen LogP contribution in [0.2, 0.25) is 0 Å². The van der Waals surface area contributed by atoms with Gasteiger partial charge in [0.15, 0.2) is 0 Å². The van der Waals surface area contributed by atoms with Crippen molar-refractivity contribution in [3.05, 3.63) is 18.7 Å². The minimum atomic E-state index is 0.0250. The van der Waals surface area contributed by atoms with Crippen LogP contribution in [0.4, 0.5) is 0 Å². The Hall–Kier alpha value is -1.36. The van der Waals surface area contributed by atoms with Crippen LogP contribution in [-0.4, -0.2) is 34.6 Å². The van der Waals surface area contributed by atoms with Crippen LogP contribution >= 0.6 is 0 Å². The number of amides is 1. The summed E-state index contributed by atoms with van der Waals surface area (Å²) in [6, 6.07) is 0.0250. The standard InChI is InChI=1S/C12H20N4O/c17-12(11-4-1-2-5-14-11)15-6-3-8-16-9-7-13-10-16/h7,9-11,14H,1-6,8H2,(H,15,17)/t11-/m1/s1. The fourth-order valence-corrected chi connectivity index (χ4v) is 2.09. The van der Waals surface area contributed by atoms with Gasteiger partial charge in [0.2, 0.25) is 5.91 Å². The molecule has 94 valence electrons. The average Bonchev–Trinajstić information content (AvgIpc) is 2.88. The van der Waals surface area contributed by atoms with Crippen molar-refractivity contribution in [2.24, 2.45) is 0 Å². The van der Waals surface area contributed by atoms with Crippen molar-refractivity contribution in [2.45, 2.75) is 38.3 Å². The summed E-state index contributed by atoms with van der Waals surface area (Å²) < 4.78 is 2.02. The van der Waals surface area contributed by atoms with Gasteiger partial charge in [0, 0.05) is 25.5 Å². The normalized spacial score (nSPS) is 20.1. The third kappa shape index (κ3) is 3.85. The molecule has 1 atom stereocenters. The molecule has 1 aromatic rings. The highest BCUT2D eigenvalue weighted by Crippen LogP contribution is 2.06. The van der Waals surface area contributed by atoms with Gasteiger partial charge in [-0.3, -0.25) is 4.79 Å². The van der Waals surface area contributed by atoms with Crippen LogP contribution in [0.25, 0.3) is 0 Å². The van der Waals surface area contributed by atoms with Crippen molar-refractivity contribution in [1.29, 1.82) is 0 Å². The van der Waals surface area contributed by atoms with Crippen LogP contribution in [0, 0.1) is 0 Å². The molecule has 1 amide bonds. The van der Waals surface area contributed by atoms with E-state index in [1.54, 1.807) is 12.5 Å². The summed E-state index contributed by atoms with van der Waals surface area (Å²) in [5.41, 5.74) is 0. The van der Waals surface area contributed by atoms with E-state index in [0.717, 1.165) is 38.9 Å².